The van der Waals surface area contributed by atoms with Crippen molar-refractivity contribution in [2.24, 2.45) is 10.8 Å². The summed E-state index contributed by atoms with van der Waals surface area (Å²) >= 11 is 0. The molecule has 0 saturated carbocycles. The van der Waals surface area contributed by atoms with Gasteiger partial charge in [0.15, 0.2) is 0 Å². The molecule has 4 heterocycles. The molecule has 4 unspecified atom stereocenters. The smallest absolute Gasteiger partial charge is 0.146 e. The summed E-state index contributed by atoms with van der Waals surface area (Å²) in [6.45, 7) is 5.92. The summed E-state index contributed by atoms with van der Waals surface area (Å²) in [5.41, 5.74) is 7.96. The van der Waals surface area contributed by atoms with Crippen molar-refractivity contribution >= 4 is 36.1 Å². The zero-order valence-corrected chi connectivity index (χ0v) is 31.8. The molecule has 50 heavy (non-hydrogen) atoms. The van der Waals surface area contributed by atoms with E-state index in [1.807, 2.05) is 24.3 Å². The van der Waals surface area contributed by atoms with Crippen LogP contribution in [0.1, 0.15) is 36.1 Å². The van der Waals surface area contributed by atoms with Gasteiger partial charge in [-0.05, 0) is 72.7 Å². The summed E-state index contributed by atoms with van der Waals surface area (Å²) in [4.78, 5) is 4.42. The summed E-state index contributed by atoms with van der Waals surface area (Å²) < 4.78 is 33.4. The first-order valence-electron chi connectivity index (χ1n) is 17.6. The fourth-order valence-corrected chi connectivity index (χ4v) is 19.3. The number of hydrogen-bond donors (Lipinski definition) is 0. The molecule has 4 aromatic rings. The van der Waals surface area contributed by atoms with Crippen molar-refractivity contribution in [1.82, 2.24) is 9.80 Å². The quantitative estimate of drug-likeness (QED) is 0.163. The first-order chi connectivity index (χ1) is 23.9. The molecule has 4 aliphatic heterocycles. The Hall–Kier alpha value is -3.78. The molecular weight excluding hydrogens is 650 g/mol. The molecule has 0 aromatic heterocycles. The van der Waals surface area contributed by atoms with Crippen LogP contribution in [0.4, 0.5) is 0 Å². The average molecular weight is 697 g/mol. The van der Waals surface area contributed by atoms with Crippen LogP contribution in [0, 0.1) is 10.8 Å². The predicted molar refractivity (Wildman–Crippen MR) is 212 cm³/mol. The maximum absolute atomic E-state index is 16.7. The van der Waals surface area contributed by atoms with Crippen molar-refractivity contribution in [3.63, 3.8) is 0 Å². The van der Waals surface area contributed by atoms with E-state index < -0.39 is 25.1 Å². The van der Waals surface area contributed by atoms with Gasteiger partial charge >= 0.3 is 0 Å². The molecule has 4 aromatic carbocycles. The Balaban J connectivity index is 1.48. The lowest BCUT2D eigenvalue weighted by molar-refractivity contribution is 0.410. The van der Waals surface area contributed by atoms with Crippen molar-refractivity contribution in [3.05, 3.63) is 165 Å². The molecule has 0 N–H and O–H groups in total. The summed E-state index contributed by atoms with van der Waals surface area (Å²) in [5, 5.41) is 3.74. The van der Waals surface area contributed by atoms with E-state index in [0.717, 1.165) is 43.5 Å². The van der Waals surface area contributed by atoms with Crippen LogP contribution in [0.5, 0.6) is 0 Å². The molecule has 4 aliphatic rings. The lowest BCUT2D eigenvalue weighted by Gasteiger charge is -2.38. The standard InChI is InChI=1S/C44H46N2O2P2/c1-43-29-49(47,39(33-23-15-9-16-24-33)37(43)31-19-11-7-12-20-31)41(35(43)27-45(3)4)42-36(28-46(5)6)44(2)30-50(42,48)40(34-25-17-10-18-26-34)38(44)32-21-13-8-14-22-32/h7-26H,27-30H2,1-6H3. The monoisotopic (exact) mass is 696 g/mol. The summed E-state index contributed by atoms with van der Waals surface area (Å²) in [5.74, 6) is 0. The molecular formula is C44H46N2O2P2. The van der Waals surface area contributed by atoms with E-state index in [0.29, 0.717) is 25.4 Å². The van der Waals surface area contributed by atoms with Gasteiger partial charge in [0.05, 0.1) is 0 Å². The number of fused-ring (bicyclic) bond motifs is 4. The molecule has 6 heteroatoms. The Morgan fingerprint density at radius 1 is 0.460 bits per heavy atom. The van der Waals surface area contributed by atoms with E-state index in [2.05, 4.69) is 149 Å². The highest BCUT2D eigenvalue weighted by molar-refractivity contribution is 7.85. The first kappa shape index (κ1) is 33.4. The van der Waals surface area contributed by atoms with Gasteiger partial charge in [0.1, 0.15) is 14.3 Å². The van der Waals surface area contributed by atoms with E-state index >= 15 is 9.13 Å². The predicted octanol–water partition coefficient (Wildman–Crippen LogP) is 10.5. The van der Waals surface area contributed by atoms with Gasteiger partial charge in [-0.15, -0.1) is 0 Å². The van der Waals surface area contributed by atoms with Crippen molar-refractivity contribution in [3.8, 4) is 0 Å². The third kappa shape index (κ3) is 4.72. The fraction of sp³-hybridized carbons (Fsp3) is 0.273. The van der Waals surface area contributed by atoms with Gasteiger partial charge in [0.2, 0.25) is 0 Å². The van der Waals surface area contributed by atoms with Gasteiger partial charge in [-0.1, -0.05) is 135 Å². The van der Waals surface area contributed by atoms with Crippen LogP contribution < -0.4 is 0 Å². The molecule has 0 fully saturated rings. The SMILES string of the molecule is CN(C)CC1=C(C2=C(CN(C)C)C3(C)CP2(=O)C(c2ccccc2)=C3c2ccccc2)P2(=O)CC1(C)C(c1ccccc1)=C2c1ccccc1. The molecule has 4 nitrogen and oxygen atoms in total. The van der Waals surface area contributed by atoms with E-state index in [4.69, 9.17) is 0 Å². The van der Waals surface area contributed by atoms with E-state index in [1.165, 1.54) is 22.3 Å². The summed E-state index contributed by atoms with van der Waals surface area (Å²) in [6, 6.07) is 41.9. The lowest BCUT2D eigenvalue weighted by atomic mass is 9.71. The number of benzene rings is 4. The Kier molecular flexibility index (Phi) is 7.94. The van der Waals surface area contributed by atoms with Crippen LogP contribution in [-0.2, 0) is 9.13 Å². The second-order valence-electron chi connectivity index (χ2n) is 15.5. The number of likely N-dealkylation sites (N-methyl/N-ethyl adjacent to an activating group) is 2. The van der Waals surface area contributed by atoms with Crippen LogP contribution in [-0.4, -0.2) is 63.4 Å². The van der Waals surface area contributed by atoms with Gasteiger partial charge in [-0.2, -0.15) is 0 Å². The number of nitrogens with zero attached hydrogens (tertiary/aromatic N) is 2. The Morgan fingerprint density at radius 2 is 0.740 bits per heavy atom. The van der Waals surface area contributed by atoms with Gasteiger partial charge in [-0.25, -0.2) is 0 Å². The third-order valence-electron chi connectivity index (χ3n) is 11.4. The Bertz CT molecular complexity index is 2070. The molecule has 8 rings (SSSR count). The van der Waals surface area contributed by atoms with Crippen LogP contribution in [0.25, 0.3) is 21.8 Å². The van der Waals surface area contributed by atoms with Crippen LogP contribution in [0.2, 0.25) is 0 Å². The maximum Gasteiger partial charge on any atom is 0.146 e. The Morgan fingerprint density at radius 3 is 1.02 bits per heavy atom. The summed E-state index contributed by atoms with van der Waals surface area (Å²) in [6.07, 6.45) is 1.05. The normalized spacial score (nSPS) is 28.7. The lowest BCUT2D eigenvalue weighted by Crippen LogP contribution is -2.30. The molecule has 0 spiro atoms. The fourth-order valence-electron chi connectivity index (χ4n) is 9.70. The van der Waals surface area contributed by atoms with Gasteiger partial charge in [0.25, 0.3) is 0 Å². The van der Waals surface area contributed by atoms with E-state index in [-0.39, 0.29) is 0 Å². The van der Waals surface area contributed by atoms with Crippen molar-refractivity contribution in [2.45, 2.75) is 13.8 Å². The van der Waals surface area contributed by atoms with Crippen molar-refractivity contribution in [2.75, 3.05) is 53.6 Å². The molecule has 0 aliphatic carbocycles. The number of rotatable bonds is 9. The second-order valence-corrected chi connectivity index (χ2v) is 20.9. The molecule has 0 saturated heterocycles. The zero-order valence-electron chi connectivity index (χ0n) is 30.0. The maximum atomic E-state index is 16.7. The van der Waals surface area contributed by atoms with Gasteiger partial charge in [-0.3, -0.25) is 0 Å². The number of allylic oxidation sites excluding steroid dienone is 4. The first-order valence-corrected chi connectivity index (χ1v) is 21.4. The Labute approximate surface area is 297 Å². The minimum Gasteiger partial charge on any atom is -0.314 e. The summed E-state index contributed by atoms with van der Waals surface area (Å²) in [7, 11) is 1.80. The third-order valence-corrected chi connectivity index (χ3v) is 18.6. The molecule has 0 amide bonds. The van der Waals surface area contributed by atoms with E-state index in [9.17, 15) is 0 Å². The largest absolute Gasteiger partial charge is 0.314 e. The zero-order chi connectivity index (χ0) is 35.1. The highest BCUT2D eigenvalue weighted by Crippen LogP contribution is 2.92. The molecule has 0 radical (unpaired) electrons. The minimum absolute atomic E-state index is 0.486. The average Bonchev–Trinajstić information content (AvgIpc) is 3.67. The van der Waals surface area contributed by atoms with E-state index in [1.54, 1.807) is 0 Å². The molecule has 4 atom stereocenters. The minimum atomic E-state index is -3.30. The van der Waals surface area contributed by atoms with Gasteiger partial charge in [0, 0.05) is 57.5 Å². The van der Waals surface area contributed by atoms with Crippen LogP contribution in [0.15, 0.2) is 143 Å². The van der Waals surface area contributed by atoms with Crippen LogP contribution >= 0.6 is 14.3 Å². The van der Waals surface area contributed by atoms with Crippen LogP contribution in [0.3, 0.4) is 0 Å². The number of hydrogen-bond acceptors (Lipinski definition) is 4. The molecule has 254 valence electrons. The topological polar surface area (TPSA) is 40.6 Å². The second kappa shape index (κ2) is 11.9. The highest BCUT2D eigenvalue weighted by atomic mass is 31.2. The van der Waals surface area contributed by atoms with Crippen molar-refractivity contribution < 1.29 is 9.13 Å². The molecule has 4 bridgehead atoms. The highest BCUT2D eigenvalue weighted by Gasteiger charge is 2.67. The van der Waals surface area contributed by atoms with Crippen molar-refractivity contribution in [1.29, 1.82) is 0 Å². The van der Waals surface area contributed by atoms with Gasteiger partial charge < -0.3 is 18.9 Å².